The van der Waals surface area contributed by atoms with Gasteiger partial charge in [0, 0.05) is 11.8 Å². The lowest BCUT2D eigenvalue weighted by molar-refractivity contribution is 1.32. The van der Waals surface area contributed by atoms with Crippen LogP contribution in [0.15, 0.2) is 72.9 Å². The molecule has 132 valence electrons. The van der Waals surface area contributed by atoms with E-state index in [0.29, 0.717) is 0 Å². The van der Waals surface area contributed by atoms with E-state index in [-0.39, 0.29) is 0 Å². The third-order valence-corrected chi connectivity index (χ3v) is 6.97. The standard InChI is InChI=1S/C24H27NSi/c1-18(20-12-8-6-9-13-20)19(2)22-16-23(21-14-10-7-11-15-21)25-17-24(22)26(3,4)5/h6-17H,1-5H3/b19-18+. The zero-order valence-corrected chi connectivity index (χ0v) is 17.4. The zero-order chi connectivity index (χ0) is 18.7. The lowest BCUT2D eigenvalue weighted by atomic mass is 9.96. The highest BCUT2D eigenvalue weighted by Crippen LogP contribution is 2.28. The average molecular weight is 358 g/mol. The molecule has 0 aliphatic carbocycles. The van der Waals surface area contributed by atoms with E-state index < -0.39 is 8.07 Å². The van der Waals surface area contributed by atoms with Gasteiger partial charge in [-0.1, -0.05) is 80.3 Å². The van der Waals surface area contributed by atoms with Gasteiger partial charge in [0.2, 0.25) is 0 Å². The molecule has 0 aliphatic rings. The summed E-state index contributed by atoms with van der Waals surface area (Å²) in [5, 5.41) is 1.42. The van der Waals surface area contributed by atoms with Gasteiger partial charge in [-0.3, -0.25) is 4.98 Å². The van der Waals surface area contributed by atoms with Gasteiger partial charge in [0.25, 0.3) is 0 Å². The fraction of sp³-hybridized carbons (Fsp3) is 0.208. The molecule has 3 aromatic rings. The van der Waals surface area contributed by atoms with E-state index in [1.807, 2.05) is 6.07 Å². The van der Waals surface area contributed by atoms with Gasteiger partial charge >= 0.3 is 0 Å². The molecule has 0 saturated heterocycles. The molecule has 0 amide bonds. The van der Waals surface area contributed by atoms with Crippen molar-refractivity contribution >= 4 is 24.4 Å². The van der Waals surface area contributed by atoms with Gasteiger partial charge in [-0.25, -0.2) is 0 Å². The smallest absolute Gasteiger partial charge is 0.0804 e. The van der Waals surface area contributed by atoms with Crippen LogP contribution >= 0.6 is 0 Å². The topological polar surface area (TPSA) is 12.9 Å². The van der Waals surface area contributed by atoms with Crippen LogP contribution in [0.2, 0.25) is 19.6 Å². The van der Waals surface area contributed by atoms with E-state index in [4.69, 9.17) is 4.98 Å². The first kappa shape index (κ1) is 18.3. The highest BCUT2D eigenvalue weighted by Gasteiger charge is 2.22. The van der Waals surface area contributed by atoms with Gasteiger partial charge in [-0.05, 0) is 47.4 Å². The van der Waals surface area contributed by atoms with Crippen molar-refractivity contribution in [2.75, 3.05) is 0 Å². The van der Waals surface area contributed by atoms with Crippen LogP contribution in [0.25, 0.3) is 22.4 Å². The second-order valence-corrected chi connectivity index (χ2v) is 12.9. The molecule has 26 heavy (non-hydrogen) atoms. The molecule has 0 aliphatic heterocycles. The van der Waals surface area contributed by atoms with E-state index in [0.717, 1.165) is 5.69 Å². The van der Waals surface area contributed by atoms with E-state index in [2.05, 4.69) is 100 Å². The van der Waals surface area contributed by atoms with Gasteiger partial charge in [-0.15, -0.1) is 0 Å². The van der Waals surface area contributed by atoms with Crippen molar-refractivity contribution in [1.82, 2.24) is 4.98 Å². The summed E-state index contributed by atoms with van der Waals surface area (Å²) in [5.74, 6) is 0. The van der Waals surface area contributed by atoms with E-state index in [9.17, 15) is 0 Å². The van der Waals surface area contributed by atoms with Gasteiger partial charge in [0.1, 0.15) is 0 Å². The van der Waals surface area contributed by atoms with Crippen LogP contribution in [-0.4, -0.2) is 13.1 Å². The Labute approximate surface area is 158 Å². The third kappa shape index (κ3) is 3.86. The SMILES string of the molecule is C/C(=C(/C)c1cc(-c2ccccc2)ncc1[Si](C)(C)C)c1ccccc1. The minimum Gasteiger partial charge on any atom is -0.256 e. The molecule has 1 aromatic heterocycles. The van der Waals surface area contributed by atoms with Crippen LogP contribution in [0, 0.1) is 0 Å². The Hall–Kier alpha value is -2.45. The van der Waals surface area contributed by atoms with Crippen LogP contribution in [0.1, 0.15) is 25.0 Å². The third-order valence-electron chi connectivity index (χ3n) is 4.95. The summed E-state index contributed by atoms with van der Waals surface area (Å²) in [5.41, 5.74) is 7.51. The second kappa shape index (κ2) is 7.43. The molecule has 1 nitrogen and oxygen atoms in total. The molecule has 1 heterocycles. The van der Waals surface area contributed by atoms with Crippen LogP contribution in [0.4, 0.5) is 0 Å². The maximum absolute atomic E-state index is 4.80. The molecule has 0 unspecified atom stereocenters. The molecule has 2 heteroatoms. The summed E-state index contributed by atoms with van der Waals surface area (Å²) in [6.45, 7) is 11.6. The highest BCUT2D eigenvalue weighted by atomic mass is 28.3. The molecule has 0 spiro atoms. The number of benzene rings is 2. The Morgan fingerprint density at radius 2 is 1.35 bits per heavy atom. The summed E-state index contributed by atoms with van der Waals surface area (Å²) in [6, 6.07) is 23.4. The molecule has 0 atom stereocenters. The molecule has 0 bridgehead atoms. The van der Waals surface area contributed by atoms with Gasteiger partial charge in [-0.2, -0.15) is 0 Å². The number of aromatic nitrogens is 1. The quantitative estimate of drug-likeness (QED) is 0.503. The van der Waals surface area contributed by atoms with E-state index in [1.165, 1.54) is 33.0 Å². The van der Waals surface area contributed by atoms with Gasteiger partial charge in [0.05, 0.1) is 13.8 Å². The molecular formula is C24H27NSi. The van der Waals surface area contributed by atoms with Crippen LogP contribution in [-0.2, 0) is 0 Å². The summed E-state index contributed by atoms with van der Waals surface area (Å²) >= 11 is 0. The van der Waals surface area contributed by atoms with Crippen molar-refractivity contribution < 1.29 is 0 Å². The Morgan fingerprint density at radius 1 is 0.769 bits per heavy atom. The molecule has 0 fully saturated rings. The number of hydrogen-bond acceptors (Lipinski definition) is 1. The predicted molar refractivity (Wildman–Crippen MR) is 117 cm³/mol. The van der Waals surface area contributed by atoms with Crippen molar-refractivity contribution in [3.8, 4) is 11.3 Å². The monoisotopic (exact) mass is 357 g/mol. The molecule has 0 radical (unpaired) electrons. The van der Waals surface area contributed by atoms with Crippen molar-refractivity contribution in [3.63, 3.8) is 0 Å². The molecule has 3 rings (SSSR count). The number of hydrogen-bond donors (Lipinski definition) is 0. The van der Waals surface area contributed by atoms with Crippen molar-refractivity contribution in [1.29, 1.82) is 0 Å². The number of allylic oxidation sites excluding steroid dienone is 2. The fourth-order valence-electron chi connectivity index (χ4n) is 3.24. The Kier molecular flexibility index (Phi) is 5.24. The van der Waals surface area contributed by atoms with Crippen molar-refractivity contribution in [2.24, 2.45) is 0 Å². The Balaban J connectivity index is 2.20. The average Bonchev–Trinajstić information content (AvgIpc) is 2.67. The maximum Gasteiger partial charge on any atom is 0.0804 e. The number of pyridine rings is 1. The van der Waals surface area contributed by atoms with Crippen LogP contribution in [0.5, 0.6) is 0 Å². The number of rotatable bonds is 4. The lowest BCUT2D eigenvalue weighted by Gasteiger charge is -2.23. The summed E-state index contributed by atoms with van der Waals surface area (Å²) in [6.07, 6.45) is 2.12. The normalized spacial score (nSPS) is 12.7. The predicted octanol–water partition coefficient (Wildman–Crippen LogP) is 6.24. The summed E-state index contributed by atoms with van der Waals surface area (Å²) in [7, 11) is -1.51. The Morgan fingerprint density at radius 3 is 1.92 bits per heavy atom. The van der Waals surface area contributed by atoms with E-state index in [1.54, 1.807) is 0 Å². The van der Waals surface area contributed by atoms with Crippen LogP contribution < -0.4 is 5.19 Å². The minimum absolute atomic E-state index is 1.04. The zero-order valence-electron chi connectivity index (χ0n) is 16.4. The first-order valence-electron chi connectivity index (χ1n) is 9.17. The van der Waals surface area contributed by atoms with E-state index >= 15 is 0 Å². The van der Waals surface area contributed by atoms with Crippen molar-refractivity contribution in [3.05, 3.63) is 84.1 Å². The summed E-state index contributed by atoms with van der Waals surface area (Å²) in [4.78, 5) is 4.80. The first-order valence-corrected chi connectivity index (χ1v) is 12.7. The lowest BCUT2D eigenvalue weighted by Crippen LogP contribution is -2.40. The molecule has 2 aromatic carbocycles. The molecule has 0 N–H and O–H groups in total. The summed E-state index contributed by atoms with van der Waals surface area (Å²) < 4.78 is 0. The largest absolute Gasteiger partial charge is 0.256 e. The second-order valence-electron chi connectivity index (χ2n) is 7.85. The molecular weight excluding hydrogens is 330 g/mol. The minimum atomic E-state index is -1.51. The Bertz CT molecular complexity index is 919. The molecule has 0 saturated carbocycles. The van der Waals surface area contributed by atoms with Crippen molar-refractivity contribution in [2.45, 2.75) is 33.5 Å². The maximum atomic E-state index is 4.80. The van der Waals surface area contributed by atoms with Crippen LogP contribution in [0.3, 0.4) is 0 Å². The fourth-order valence-corrected chi connectivity index (χ4v) is 4.76. The number of nitrogens with zero attached hydrogens (tertiary/aromatic N) is 1. The van der Waals surface area contributed by atoms with Gasteiger partial charge in [0.15, 0.2) is 0 Å². The first-order chi connectivity index (χ1) is 12.4. The van der Waals surface area contributed by atoms with Gasteiger partial charge < -0.3 is 0 Å². The highest BCUT2D eigenvalue weighted by molar-refractivity contribution is 6.89.